The van der Waals surface area contributed by atoms with Crippen molar-refractivity contribution in [2.24, 2.45) is 21.8 Å². The number of rotatable bonds is 5. The molecule has 8 heteroatoms. The third-order valence-corrected chi connectivity index (χ3v) is 8.84. The summed E-state index contributed by atoms with van der Waals surface area (Å²) in [6, 6.07) is 0.523. The summed E-state index contributed by atoms with van der Waals surface area (Å²) < 4.78 is 27.1. The molecule has 3 heterocycles. The molecule has 4 aliphatic rings. The lowest BCUT2D eigenvalue weighted by atomic mass is 9.78. The number of nitrogens with zero attached hydrogens (tertiary/aromatic N) is 4. The second-order valence-corrected chi connectivity index (χ2v) is 10.3. The van der Waals surface area contributed by atoms with Crippen LogP contribution in [0.1, 0.15) is 39.5 Å². The lowest BCUT2D eigenvalue weighted by Crippen LogP contribution is -2.59. The molecule has 0 bridgehead atoms. The zero-order chi connectivity index (χ0) is 18.5. The Bertz CT molecular complexity index is 756. The number of hydrogen-bond acceptors (Lipinski definition) is 6. The van der Waals surface area contributed by atoms with Crippen LogP contribution in [0.3, 0.4) is 0 Å². The Morgan fingerprint density at radius 1 is 1.42 bits per heavy atom. The van der Waals surface area contributed by atoms with Crippen LogP contribution in [0.25, 0.3) is 0 Å². The van der Waals surface area contributed by atoms with Gasteiger partial charge in [0.1, 0.15) is 17.8 Å². The molecule has 0 aromatic carbocycles. The molecule has 2 unspecified atom stereocenters. The molecule has 1 saturated carbocycles. The van der Waals surface area contributed by atoms with E-state index < -0.39 is 10.0 Å². The third-order valence-electron chi connectivity index (χ3n) is 6.69. The van der Waals surface area contributed by atoms with Gasteiger partial charge in [-0.05, 0) is 58.7 Å². The zero-order valence-corrected chi connectivity index (χ0v) is 16.6. The molecule has 1 N–H and O–H groups in total. The fraction of sp³-hybridized carbons (Fsp3) is 0.778. The van der Waals surface area contributed by atoms with Gasteiger partial charge in [0.15, 0.2) is 0 Å². The Balaban J connectivity index is 1.37. The first-order valence-electron chi connectivity index (χ1n) is 9.58. The first-order chi connectivity index (χ1) is 12.3. The number of hydrogen-bond donors (Lipinski definition) is 1. The van der Waals surface area contributed by atoms with E-state index in [1.807, 2.05) is 13.1 Å². The van der Waals surface area contributed by atoms with Crippen molar-refractivity contribution in [3.63, 3.8) is 0 Å². The number of fused-ring (bicyclic) bond motifs is 1. The molecule has 0 amide bonds. The Kier molecular flexibility index (Phi) is 4.48. The summed E-state index contributed by atoms with van der Waals surface area (Å²) in [4.78, 5) is 11.3. The Hall–Kier alpha value is -1.25. The summed E-state index contributed by atoms with van der Waals surface area (Å²) >= 11 is 0. The lowest BCUT2D eigenvalue weighted by molar-refractivity contribution is 0.0146. The predicted octanol–water partition coefficient (Wildman–Crippen LogP) is 1.40. The Labute approximate surface area is 156 Å². The van der Waals surface area contributed by atoms with Crippen molar-refractivity contribution >= 4 is 22.2 Å². The number of amidine groups is 1. The molecule has 2 fully saturated rings. The summed E-state index contributed by atoms with van der Waals surface area (Å²) in [6.45, 7) is 4.84. The van der Waals surface area contributed by atoms with Gasteiger partial charge in [-0.25, -0.2) is 13.4 Å². The maximum absolute atomic E-state index is 12.7. The average molecular weight is 380 g/mol. The minimum absolute atomic E-state index is 0.130. The molecule has 3 aliphatic heterocycles. The van der Waals surface area contributed by atoms with E-state index in [2.05, 4.69) is 40.2 Å². The summed E-state index contributed by atoms with van der Waals surface area (Å²) in [5.74, 6) is 1.61. The van der Waals surface area contributed by atoms with Gasteiger partial charge in [-0.15, -0.1) is 0 Å². The molecule has 3 atom stereocenters. The van der Waals surface area contributed by atoms with E-state index in [1.54, 1.807) is 10.6 Å². The third kappa shape index (κ3) is 2.92. The summed E-state index contributed by atoms with van der Waals surface area (Å²) in [6.07, 6.45) is 9.48. The van der Waals surface area contributed by atoms with E-state index in [-0.39, 0.29) is 23.5 Å². The molecule has 1 saturated heterocycles. The second kappa shape index (κ2) is 6.42. The SMILES string of the molecule is C[C@@H]1CCCN1S(=O)(=O)C[C@H]1C[C@@H](N(C)C2(C)N=CN=C3NC=CC32)C1. The Morgan fingerprint density at radius 3 is 2.88 bits per heavy atom. The van der Waals surface area contributed by atoms with Crippen LogP contribution in [0.5, 0.6) is 0 Å². The molecule has 0 radical (unpaired) electrons. The van der Waals surface area contributed by atoms with Crippen molar-refractivity contribution in [3.8, 4) is 0 Å². The minimum atomic E-state index is -3.13. The number of aliphatic imine (C=N–C) groups is 2. The quantitative estimate of drug-likeness (QED) is 0.783. The standard InChI is InChI=1S/C18H29N5O2S/c1-13-5-4-8-23(13)26(24,25)11-14-9-15(10-14)22(3)18(2)16-6-7-19-17(16)20-12-21-18/h6-7,12-16H,4-5,8-11H2,1-3H3,(H,19,20,21)/t13-,14-,15+,16?,18?/m1/s1. The second-order valence-electron chi connectivity index (χ2n) is 8.32. The molecule has 0 aromatic rings. The van der Waals surface area contributed by atoms with Crippen LogP contribution in [-0.4, -0.2) is 66.9 Å². The van der Waals surface area contributed by atoms with Gasteiger partial charge in [0.25, 0.3) is 0 Å². The van der Waals surface area contributed by atoms with Gasteiger partial charge in [-0.3, -0.25) is 9.89 Å². The molecule has 7 nitrogen and oxygen atoms in total. The Morgan fingerprint density at radius 2 is 2.19 bits per heavy atom. The van der Waals surface area contributed by atoms with Gasteiger partial charge >= 0.3 is 0 Å². The summed E-state index contributed by atoms with van der Waals surface area (Å²) in [5.41, 5.74) is -0.366. The van der Waals surface area contributed by atoms with Crippen LogP contribution in [-0.2, 0) is 10.0 Å². The highest BCUT2D eigenvalue weighted by atomic mass is 32.2. The average Bonchev–Trinajstić information content (AvgIpc) is 3.19. The first kappa shape index (κ1) is 18.1. The van der Waals surface area contributed by atoms with E-state index in [0.29, 0.717) is 18.3 Å². The monoisotopic (exact) mass is 379 g/mol. The maximum atomic E-state index is 12.7. The van der Waals surface area contributed by atoms with E-state index in [0.717, 1.165) is 31.5 Å². The molecule has 1 aliphatic carbocycles. The normalized spacial score (nSPS) is 39.6. The van der Waals surface area contributed by atoms with Crippen molar-refractivity contribution in [2.45, 2.75) is 57.3 Å². The van der Waals surface area contributed by atoms with Crippen LogP contribution in [0.2, 0.25) is 0 Å². The van der Waals surface area contributed by atoms with Gasteiger partial charge in [0.05, 0.1) is 11.7 Å². The number of sulfonamides is 1. The smallest absolute Gasteiger partial charge is 0.214 e. The molecule has 0 spiro atoms. The molecular weight excluding hydrogens is 350 g/mol. The van der Waals surface area contributed by atoms with Crippen LogP contribution in [0.15, 0.2) is 22.3 Å². The molecule has 0 aromatic heterocycles. The fourth-order valence-corrected chi connectivity index (χ4v) is 6.92. The lowest BCUT2D eigenvalue weighted by Gasteiger charge is -2.50. The topological polar surface area (TPSA) is 77.4 Å². The highest BCUT2D eigenvalue weighted by Gasteiger charge is 2.48. The van der Waals surface area contributed by atoms with Crippen LogP contribution in [0.4, 0.5) is 0 Å². The van der Waals surface area contributed by atoms with Crippen LogP contribution in [0, 0.1) is 11.8 Å². The summed E-state index contributed by atoms with van der Waals surface area (Å²) in [5, 5.41) is 3.19. The van der Waals surface area contributed by atoms with Gasteiger partial charge in [0.2, 0.25) is 10.0 Å². The van der Waals surface area contributed by atoms with Gasteiger partial charge < -0.3 is 5.32 Å². The maximum Gasteiger partial charge on any atom is 0.214 e. The van der Waals surface area contributed by atoms with E-state index in [4.69, 9.17) is 0 Å². The zero-order valence-electron chi connectivity index (χ0n) is 15.8. The highest BCUT2D eigenvalue weighted by molar-refractivity contribution is 7.89. The van der Waals surface area contributed by atoms with Crippen molar-refractivity contribution < 1.29 is 8.42 Å². The van der Waals surface area contributed by atoms with Crippen molar-refractivity contribution in [1.29, 1.82) is 0 Å². The predicted molar refractivity (Wildman–Crippen MR) is 104 cm³/mol. The van der Waals surface area contributed by atoms with Crippen molar-refractivity contribution in [1.82, 2.24) is 14.5 Å². The van der Waals surface area contributed by atoms with E-state index in [9.17, 15) is 8.42 Å². The van der Waals surface area contributed by atoms with Gasteiger partial charge in [-0.2, -0.15) is 4.31 Å². The van der Waals surface area contributed by atoms with Gasteiger partial charge in [-0.1, -0.05) is 6.08 Å². The molecular formula is C18H29N5O2S. The fourth-order valence-electron chi connectivity index (χ4n) is 4.80. The molecule has 4 rings (SSSR count). The van der Waals surface area contributed by atoms with E-state index in [1.165, 1.54) is 0 Å². The summed E-state index contributed by atoms with van der Waals surface area (Å²) in [7, 11) is -1.03. The van der Waals surface area contributed by atoms with Gasteiger partial charge in [0, 0.05) is 18.6 Å². The molecule has 26 heavy (non-hydrogen) atoms. The number of nitrogens with one attached hydrogen (secondary N) is 1. The van der Waals surface area contributed by atoms with Crippen molar-refractivity contribution in [2.75, 3.05) is 19.3 Å². The van der Waals surface area contributed by atoms with Crippen LogP contribution < -0.4 is 5.32 Å². The molecule has 144 valence electrons. The largest absolute Gasteiger partial charge is 0.350 e. The van der Waals surface area contributed by atoms with Crippen LogP contribution >= 0.6 is 0 Å². The first-order valence-corrected chi connectivity index (χ1v) is 11.2. The van der Waals surface area contributed by atoms with Crippen molar-refractivity contribution in [3.05, 3.63) is 12.3 Å². The van der Waals surface area contributed by atoms with E-state index >= 15 is 0 Å². The highest BCUT2D eigenvalue weighted by Crippen LogP contribution is 2.40. The minimum Gasteiger partial charge on any atom is -0.350 e.